The summed E-state index contributed by atoms with van der Waals surface area (Å²) >= 11 is 0. The molecule has 5 nitrogen and oxygen atoms in total. The maximum absolute atomic E-state index is 12.9. The van der Waals surface area contributed by atoms with Gasteiger partial charge in [-0.15, -0.1) is 0 Å². The van der Waals surface area contributed by atoms with Gasteiger partial charge in [-0.1, -0.05) is 12.1 Å². The van der Waals surface area contributed by atoms with E-state index in [2.05, 4.69) is 10.6 Å². The van der Waals surface area contributed by atoms with E-state index in [0.717, 1.165) is 0 Å². The molecule has 3 N–H and O–H groups in total. The minimum absolute atomic E-state index is 0.0101. The Labute approximate surface area is 122 Å². The molecular formula is C15H19FN2O3. The maximum Gasteiger partial charge on any atom is 0.242 e. The monoisotopic (exact) mass is 294 g/mol. The fourth-order valence-corrected chi connectivity index (χ4v) is 2.30. The number of halogens is 1. The van der Waals surface area contributed by atoms with E-state index in [0.29, 0.717) is 24.8 Å². The molecule has 0 spiro atoms. The lowest BCUT2D eigenvalue weighted by Gasteiger charge is -2.27. The van der Waals surface area contributed by atoms with Gasteiger partial charge in [-0.2, -0.15) is 0 Å². The van der Waals surface area contributed by atoms with Gasteiger partial charge in [0.05, 0.1) is 6.54 Å². The molecule has 2 atom stereocenters. The highest BCUT2D eigenvalue weighted by molar-refractivity contribution is 5.88. The number of hydrogen-bond donors (Lipinski definition) is 3. The van der Waals surface area contributed by atoms with Crippen LogP contribution in [0.4, 0.5) is 4.39 Å². The molecule has 0 bridgehead atoms. The third-order valence-corrected chi connectivity index (χ3v) is 3.62. The Morgan fingerprint density at radius 2 is 2.14 bits per heavy atom. The second-order valence-electron chi connectivity index (χ2n) is 5.51. The predicted molar refractivity (Wildman–Crippen MR) is 74.8 cm³/mol. The zero-order valence-electron chi connectivity index (χ0n) is 11.9. The molecule has 0 aromatic heterocycles. The van der Waals surface area contributed by atoms with Crippen molar-refractivity contribution in [1.82, 2.24) is 10.6 Å². The van der Waals surface area contributed by atoms with Gasteiger partial charge < -0.3 is 15.7 Å². The number of piperidine rings is 1. The Morgan fingerprint density at radius 3 is 2.76 bits per heavy atom. The quantitative estimate of drug-likeness (QED) is 0.769. The molecule has 1 heterocycles. The molecule has 6 heteroatoms. The normalized spacial score (nSPS) is 21.3. The molecule has 1 aliphatic heterocycles. The van der Waals surface area contributed by atoms with E-state index in [-0.39, 0.29) is 24.2 Å². The summed E-state index contributed by atoms with van der Waals surface area (Å²) in [5.41, 5.74) is -0.793. The van der Waals surface area contributed by atoms with E-state index in [9.17, 15) is 19.1 Å². The zero-order valence-corrected chi connectivity index (χ0v) is 11.9. The first-order chi connectivity index (χ1) is 9.88. The predicted octanol–water partition coefficient (Wildman–Crippen LogP) is 0.818. The highest BCUT2D eigenvalue weighted by Gasteiger charge is 2.28. The number of benzene rings is 1. The Balaban J connectivity index is 1.93. The summed E-state index contributed by atoms with van der Waals surface area (Å²) in [7, 11) is 0. The minimum atomic E-state index is -1.30. The van der Waals surface area contributed by atoms with Gasteiger partial charge in [0.15, 0.2) is 0 Å². The van der Waals surface area contributed by atoms with Gasteiger partial charge in [0.1, 0.15) is 17.5 Å². The van der Waals surface area contributed by atoms with Crippen molar-refractivity contribution in [1.29, 1.82) is 0 Å². The summed E-state index contributed by atoms with van der Waals surface area (Å²) in [4.78, 5) is 23.2. The van der Waals surface area contributed by atoms with Crippen LogP contribution in [0.25, 0.3) is 0 Å². The lowest BCUT2D eigenvalue weighted by Crippen LogP contribution is -2.51. The SMILES string of the molecule is C[C@@](O)(CNC(=O)[C@H]1CCCC(=O)N1)c1ccc(F)cc1. The number of carbonyl (C=O) groups is 2. The topological polar surface area (TPSA) is 78.4 Å². The molecule has 0 radical (unpaired) electrons. The fraction of sp³-hybridized carbons (Fsp3) is 0.467. The Kier molecular flexibility index (Phi) is 4.57. The van der Waals surface area contributed by atoms with Gasteiger partial charge in [0, 0.05) is 6.42 Å². The fourth-order valence-electron chi connectivity index (χ4n) is 2.30. The number of hydrogen-bond acceptors (Lipinski definition) is 3. The first-order valence-electron chi connectivity index (χ1n) is 6.94. The van der Waals surface area contributed by atoms with Crippen molar-refractivity contribution in [3.63, 3.8) is 0 Å². The summed E-state index contributed by atoms with van der Waals surface area (Å²) < 4.78 is 12.9. The lowest BCUT2D eigenvalue weighted by molar-refractivity contribution is -0.131. The van der Waals surface area contributed by atoms with E-state index in [1.165, 1.54) is 24.3 Å². The van der Waals surface area contributed by atoms with Crippen molar-refractivity contribution in [2.75, 3.05) is 6.54 Å². The van der Waals surface area contributed by atoms with Gasteiger partial charge in [-0.05, 0) is 37.5 Å². The summed E-state index contributed by atoms with van der Waals surface area (Å²) in [5, 5.41) is 15.6. The summed E-state index contributed by atoms with van der Waals surface area (Å²) in [6, 6.07) is 4.92. The van der Waals surface area contributed by atoms with Gasteiger partial charge in [0.2, 0.25) is 11.8 Å². The van der Waals surface area contributed by atoms with E-state index in [4.69, 9.17) is 0 Å². The molecule has 1 saturated heterocycles. The van der Waals surface area contributed by atoms with Crippen molar-refractivity contribution in [2.45, 2.75) is 37.8 Å². The van der Waals surface area contributed by atoms with E-state index >= 15 is 0 Å². The first-order valence-corrected chi connectivity index (χ1v) is 6.94. The van der Waals surface area contributed by atoms with Crippen molar-refractivity contribution >= 4 is 11.8 Å². The second-order valence-corrected chi connectivity index (χ2v) is 5.51. The van der Waals surface area contributed by atoms with Crippen molar-refractivity contribution in [3.05, 3.63) is 35.6 Å². The summed E-state index contributed by atoms with van der Waals surface area (Å²) in [5.74, 6) is -0.833. The molecule has 0 saturated carbocycles. The molecule has 1 aromatic rings. The van der Waals surface area contributed by atoms with Crippen LogP contribution in [0.5, 0.6) is 0 Å². The van der Waals surface area contributed by atoms with Gasteiger partial charge in [-0.3, -0.25) is 9.59 Å². The number of carbonyl (C=O) groups excluding carboxylic acids is 2. The Hall–Kier alpha value is -1.95. The third-order valence-electron chi connectivity index (χ3n) is 3.62. The molecule has 1 aromatic carbocycles. The Bertz CT molecular complexity index is 528. The third kappa shape index (κ3) is 4.01. The number of aliphatic hydroxyl groups is 1. The molecule has 1 fully saturated rings. The van der Waals surface area contributed by atoms with Gasteiger partial charge >= 0.3 is 0 Å². The average molecular weight is 294 g/mol. The second kappa shape index (κ2) is 6.22. The van der Waals surface area contributed by atoms with Gasteiger partial charge in [-0.25, -0.2) is 4.39 Å². The number of nitrogens with one attached hydrogen (secondary N) is 2. The molecule has 1 aliphatic rings. The van der Waals surface area contributed by atoms with E-state index < -0.39 is 11.6 Å². The van der Waals surface area contributed by atoms with Crippen LogP contribution in [-0.2, 0) is 15.2 Å². The smallest absolute Gasteiger partial charge is 0.242 e. The van der Waals surface area contributed by atoms with Crippen LogP contribution < -0.4 is 10.6 Å². The van der Waals surface area contributed by atoms with Crippen LogP contribution in [0.3, 0.4) is 0 Å². The molecule has 114 valence electrons. The van der Waals surface area contributed by atoms with Crippen LogP contribution in [0.1, 0.15) is 31.7 Å². The molecule has 0 aliphatic carbocycles. The molecule has 2 amide bonds. The minimum Gasteiger partial charge on any atom is -0.384 e. The number of amides is 2. The van der Waals surface area contributed by atoms with Crippen molar-refractivity contribution in [2.24, 2.45) is 0 Å². The highest BCUT2D eigenvalue weighted by Crippen LogP contribution is 2.20. The van der Waals surface area contributed by atoms with Crippen LogP contribution in [0, 0.1) is 5.82 Å². The van der Waals surface area contributed by atoms with Gasteiger partial charge in [0.25, 0.3) is 0 Å². The van der Waals surface area contributed by atoms with Crippen LogP contribution in [-0.4, -0.2) is 29.5 Å². The zero-order chi connectivity index (χ0) is 15.5. The van der Waals surface area contributed by atoms with Crippen LogP contribution in [0.15, 0.2) is 24.3 Å². The van der Waals surface area contributed by atoms with Crippen molar-refractivity contribution < 1.29 is 19.1 Å². The molecule has 2 rings (SSSR count). The van der Waals surface area contributed by atoms with E-state index in [1.54, 1.807) is 6.92 Å². The largest absolute Gasteiger partial charge is 0.384 e. The lowest BCUT2D eigenvalue weighted by atomic mass is 9.95. The molecular weight excluding hydrogens is 275 g/mol. The van der Waals surface area contributed by atoms with Crippen LogP contribution >= 0.6 is 0 Å². The number of rotatable bonds is 4. The average Bonchev–Trinajstić information content (AvgIpc) is 2.45. The molecule has 0 unspecified atom stereocenters. The van der Waals surface area contributed by atoms with E-state index in [1.807, 2.05) is 0 Å². The Morgan fingerprint density at radius 1 is 1.48 bits per heavy atom. The summed E-state index contributed by atoms with van der Waals surface area (Å²) in [6.45, 7) is 1.53. The first kappa shape index (κ1) is 15.4. The van der Waals surface area contributed by atoms with Crippen LogP contribution in [0.2, 0.25) is 0 Å². The maximum atomic E-state index is 12.9. The van der Waals surface area contributed by atoms with Crippen molar-refractivity contribution in [3.8, 4) is 0 Å². The molecule has 21 heavy (non-hydrogen) atoms. The standard InChI is InChI=1S/C15H19FN2O3/c1-15(21,10-5-7-11(16)8-6-10)9-17-14(20)12-3-2-4-13(19)18-12/h5-8,12,21H,2-4,9H2,1H3,(H,17,20)(H,18,19)/t12-,15-/m1/s1. The highest BCUT2D eigenvalue weighted by atomic mass is 19.1. The summed E-state index contributed by atoms with van der Waals surface area (Å²) in [6.07, 6.45) is 1.71.